The second-order valence-electron chi connectivity index (χ2n) is 4.04. The fourth-order valence-electron chi connectivity index (χ4n) is 1.66. The van der Waals surface area contributed by atoms with Crippen LogP contribution in [0.4, 0.5) is 10.1 Å². The second kappa shape index (κ2) is 5.19. The van der Waals surface area contributed by atoms with Crippen molar-refractivity contribution in [2.24, 2.45) is 0 Å². The summed E-state index contributed by atoms with van der Waals surface area (Å²) in [4.78, 5) is -0.0857. The fourth-order valence-corrected chi connectivity index (χ4v) is 3.61. The summed E-state index contributed by atoms with van der Waals surface area (Å²) in [5.74, 6) is -1.02. The first kappa shape index (κ1) is 13.8. The van der Waals surface area contributed by atoms with Crippen LogP contribution in [-0.4, -0.2) is 8.42 Å². The van der Waals surface area contributed by atoms with Gasteiger partial charge in [-0.15, -0.1) is 0 Å². The topological polar surface area (TPSA) is 60.2 Å². The van der Waals surface area contributed by atoms with Gasteiger partial charge in [0.25, 0.3) is 0 Å². The van der Waals surface area contributed by atoms with E-state index in [1.807, 2.05) is 0 Å². The Morgan fingerprint density at radius 2 is 1.84 bits per heavy atom. The molecule has 0 fully saturated rings. The third-order valence-corrected chi connectivity index (χ3v) is 4.73. The summed E-state index contributed by atoms with van der Waals surface area (Å²) < 4.78 is 37.9. The van der Waals surface area contributed by atoms with E-state index < -0.39 is 21.4 Å². The molecule has 19 heavy (non-hydrogen) atoms. The molecule has 0 atom stereocenters. The third kappa shape index (κ3) is 3.05. The van der Waals surface area contributed by atoms with Gasteiger partial charge in [0.05, 0.1) is 15.7 Å². The lowest BCUT2D eigenvalue weighted by Crippen LogP contribution is -2.07. The van der Waals surface area contributed by atoms with Gasteiger partial charge in [-0.05, 0) is 24.3 Å². The molecule has 0 amide bonds. The van der Waals surface area contributed by atoms with E-state index in [-0.39, 0.29) is 21.2 Å². The Hall–Kier alpha value is -1.59. The number of hydrogen-bond acceptors (Lipinski definition) is 3. The number of halogens is 2. The average molecular weight is 300 g/mol. The van der Waals surface area contributed by atoms with Crippen LogP contribution < -0.4 is 5.73 Å². The molecular formula is C13H11ClFNO2S. The number of nitrogens with two attached hydrogens (primary N) is 1. The van der Waals surface area contributed by atoms with E-state index >= 15 is 0 Å². The van der Waals surface area contributed by atoms with Crippen LogP contribution in [0, 0.1) is 5.82 Å². The highest BCUT2D eigenvalue weighted by molar-refractivity contribution is 7.90. The molecule has 2 aromatic rings. The number of sulfone groups is 1. The lowest BCUT2D eigenvalue weighted by molar-refractivity contribution is 0.587. The van der Waals surface area contributed by atoms with Crippen LogP contribution in [0.25, 0.3) is 0 Å². The van der Waals surface area contributed by atoms with Crippen molar-refractivity contribution in [3.63, 3.8) is 0 Å². The van der Waals surface area contributed by atoms with E-state index in [1.165, 1.54) is 36.4 Å². The number of benzene rings is 2. The number of rotatable bonds is 3. The average Bonchev–Trinajstić information content (AvgIpc) is 2.35. The van der Waals surface area contributed by atoms with E-state index in [0.717, 1.165) is 0 Å². The normalized spacial score (nSPS) is 11.5. The molecule has 100 valence electrons. The van der Waals surface area contributed by atoms with Crippen molar-refractivity contribution >= 4 is 27.1 Å². The molecule has 2 rings (SSSR count). The lowest BCUT2D eigenvalue weighted by Gasteiger charge is -2.08. The van der Waals surface area contributed by atoms with Crippen LogP contribution in [0.5, 0.6) is 0 Å². The van der Waals surface area contributed by atoms with E-state index in [0.29, 0.717) is 0 Å². The van der Waals surface area contributed by atoms with E-state index in [1.54, 1.807) is 6.07 Å². The van der Waals surface area contributed by atoms with Crippen molar-refractivity contribution in [2.75, 3.05) is 5.73 Å². The van der Waals surface area contributed by atoms with Gasteiger partial charge in [-0.3, -0.25) is 0 Å². The molecule has 0 heterocycles. The van der Waals surface area contributed by atoms with Gasteiger partial charge in [0.1, 0.15) is 5.82 Å². The van der Waals surface area contributed by atoms with Crippen LogP contribution in [0.2, 0.25) is 5.02 Å². The van der Waals surface area contributed by atoms with Crippen LogP contribution >= 0.6 is 11.6 Å². The van der Waals surface area contributed by atoms with E-state index in [9.17, 15) is 12.8 Å². The Morgan fingerprint density at radius 3 is 2.53 bits per heavy atom. The quantitative estimate of drug-likeness (QED) is 0.886. The maximum absolute atomic E-state index is 13.5. The summed E-state index contributed by atoms with van der Waals surface area (Å²) in [6.45, 7) is 0. The molecule has 0 aliphatic rings. The van der Waals surface area contributed by atoms with Gasteiger partial charge in [-0.1, -0.05) is 29.8 Å². The monoisotopic (exact) mass is 299 g/mol. The summed E-state index contributed by atoms with van der Waals surface area (Å²) in [5.41, 5.74) is 5.94. The number of nitrogen functional groups attached to an aromatic ring is 1. The van der Waals surface area contributed by atoms with Crippen molar-refractivity contribution in [3.05, 3.63) is 58.9 Å². The highest BCUT2D eigenvalue weighted by Crippen LogP contribution is 2.27. The molecule has 2 aromatic carbocycles. The van der Waals surface area contributed by atoms with Crippen molar-refractivity contribution in [3.8, 4) is 0 Å². The molecule has 0 bridgehead atoms. The molecule has 0 saturated heterocycles. The summed E-state index contributed by atoms with van der Waals surface area (Å²) >= 11 is 5.86. The van der Waals surface area contributed by atoms with Crippen LogP contribution in [-0.2, 0) is 15.6 Å². The van der Waals surface area contributed by atoms with Crippen molar-refractivity contribution < 1.29 is 12.8 Å². The highest BCUT2D eigenvalue weighted by atomic mass is 35.5. The molecule has 0 unspecified atom stereocenters. The van der Waals surface area contributed by atoms with Gasteiger partial charge in [-0.2, -0.15) is 0 Å². The third-order valence-electron chi connectivity index (χ3n) is 2.59. The first-order valence-corrected chi connectivity index (χ1v) is 7.44. The van der Waals surface area contributed by atoms with Gasteiger partial charge >= 0.3 is 0 Å². The Balaban J connectivity index is 2.44. The van der Waals surface area contributed by atoms with Crippen molar-refractivity contribution in [2.45, 2.75) is 10.6 Å². The summed E-state index contributed by atoms with van der Waals surface area (Å²) in [7, 11) is -3.74. The zero-order valence-corrected chi connectivity index (χ0v) is 11.4. The van der Waals surface area contributed by atoms with Gasteiger partial charge in [0.15, 0.2) is 9.84 Å². The van der Waals surface area contributed by atoms with Gasteiger partial charge in [-0.25, -0.2) is 12.8 Å². The Bertz CT molecular complexity index is 716. The maximum atomic E-state index is 13.5. The lowest BCUT2D eigenvalue weighted by atomic mass is 10.2. The number of hydrogen-bond donors (Lipinski definition) is 1. The standard InChI is InChI=1S/C13H11ClFNO2S/c14-11-6-5-10(16)7-13(11)19(17,18)8-9-3-1-2-4-12(9)15/h1-7H,8,16H2. The molecule has 0 spiro atoms. The minimum absolute atomic E-state index is 0.0746. The summed E-state index contributed by atoms with van der Waals surface area (Å²) in [6, 6.07) is 9.90. The molecule has 6 heteroatoms. The SMILES string of the molecule is Nc1ccc(Cl)c(S(=O)(=O)Cc2ccccc2F)c1. The van der Waals surface area contributed by atoms with Gasteiger partial charge in [0.2, 0.25) is 0 Å². The Morgan fingerprint density at radius 1 is 1.16 bits per heavy atom. The summed E-state index contributed by atoms with van der Waals surface area (Å²) in [6.07, 6.45) is 0. The van der Waals surface area contributed by atoms with Crippen LogP contribution in [0.1, 0.15) is 5.56 Å². The minimum atomic E-state index is -3.74. The zero-order valence-electron chi connectivity index (χ0n) is 9.81. The summed E-state index contributed by atoms with van der Waals surface area (Å²) in [5, 5.41) is 0.0746. The zero-order chi connectivity index (χ0) is 14.0. The van der Waals surface area contributed by atoms with E-state index in [2.05, 4.69) is 0 Å². The van der Waals surface area contributed by atoms with Crippen LogP contribution in [0.3, 0.4) is 0 Å². The smallest absolute Gasteiger partial charge is 0.184 e. The molecule has 0 aromatic heterocycles. The minimum Gasteiger partial charge on any atom is -0.399 e. The first-order valence-electron chi connectivity index (χ1n) is 5.41. The first-order chi connectivity index (χ1) is 8.90. The molecule has 0 aliphatic carbocycles. The van der Waals surface area contributed by atoms with E-state index in [4.69, 9.17) is 17.3 Å². The largest absolute Gasteiger partial charge is 0.399 e. The predicted octanol–water partition coefficient (Wildman–Crippen LogP) is 3.04. The molecular weight excluding hydrogens is 289 g/mol. The Labute approximate surface area is 115 Å². The number of anilines is 1. The molecule has 0 radical (unpaired) electrons. The predicted molar refractivity (Wildman–Crippen MR) is 73.2 cm³/mol. The fraction of sp³-hybridized carbons (Fsp3) is 0.0769. The highest BCUT2D eigenvalue weighted by Gasteiger charge is 2.20. The van der Waals surface area contributed by atoms with Gasteiger partial charge in [0, 0.05) is 11.3 Å². The van der Waals surface area contributed by atoms with Crippen LogP contribution in [0.15, 0.2) is 47.4 Å². The molecule has 0 aliphatic heterocycles. The van der Waals surface area contributed by atoms with Crippen molar-refractivity contribution in [1.82, 2.24) is 0 Å². The van der Waals surface area contributed by atoms with Gasteiger partial charge < -0.3 is 5.73 Å². The van der Waals surface area contributed by atoms with Crippen molar-refractivity contribution in [1.29, 1.82) is 0 Å². The molecule has 2 N–H and O–H groups in total. The maximum Gasteiger partial charge on any atom is 0.184 e. The second-order valence-corrected chi connectivity index (χ2v) is 6.41. The Kier molecular flexibility index (Phi) is 3.78. The molecule has 3 nitrogen and oxygen atoms in total. The molecule has 0 saturated carbocycles.